The molecule has 1 rings (SSSR count). The topological polar surface area (TPSA) is 20.2 Å². The number of alkyl halides is 2. The molecule has 0 fully saturated rings. The van der Waals surface area contributed by atoms with Crippen LogP contribution in [0.15, 0.2) is 18.2 Å². The molecule has 12 heavy (non-hydrogen) atoms. The Balaban J connectivity index is 3.11. The molecule has 0 saturated carbocycles. The molecule has 0 bridgehead atoms. The number of hydrogen-bond donors (Lipinski definition) is 1. The molecule has 0 radical (unpaired) electrons. The van der Waals surface area contributed by atoms with Gasteiger partial charge in [-0.1, -0.05) is 23.8 Å². The van der Waals surface area contributed by atoms with Gasteiger partial charge in [0.2, 0.25) is 0 Å². The summed E-state index contributed by atoms with van der Waals surface area (Å²) in [5.74, 6) is 0. The van der Waals surface area contributed by atoms with Crippen LogP contribution < -0.4 is 0 Å². The van der Waals surface area contributed by atoms with E-state index in [0.29, 0.717) is 5.56 Å². The van der Waals surface area contributed by atoms with Crippen molar-refractivity contribution < 1.29 is 13.9 Å². The summed E-state index contributed by atoms with van der Waals surface area (Å²) in [7, 11) is 0. The molecular formula is C9H10F2O. The average Bonchev–Trinajstić information content (AvgIpc) is 2.03. The Labute approximate surface area is 69.7 Å². The van der Waals surface area contributed by atoms with Crippen LogP contribution in [0.3, 0.4) is 0 Å². The Morgan fingerprint density at radius 2 is 2.08 bits per heavy atom. The molecule has 0 aliphatic heterocycles. The van der Waals surface area contributed by atoms with Crippen LogP contribution in [-0.4, -0.2) is 5.11 Å². The first-order chi connectivity index (χ1) is 5.65. The van der Waals surface area contributed by atoms with Gasteiger partial charge in [-0.25, -0.2) is 8.78 Å². The van der Waals surface area contributed by atoms with Crippen LogP contribution in [0.1, 0.15) is 23.1 Å². The van der Waals surface area contributed by atoms with Gasteiger partial charge in [-0.3, -0.25) is 0 Å². The molecule has 0 aromatic heterocycles. The summed E-state index contributed by atoms with van der Waals surface area (Å²) in [4.78, 5) is 0. The first kappa shape index (κ1) is 9.13. The molecule has 1 aromatic rings. The Hall–Kier alpha value is -0.960. The highest BCUT2D eigenvalue weighted by Crippen LogP contribution is 2.23. The minimum atomic E-state index is -2.51. The normalized spacial score (nSPS) is 10.8. The molecule has 0 spiro atoms. The first-order valence-corrected chi connectivity index (χ1v) is 3.63. The molecule has 0 unspecified atom stereocenters. The van der Waals surface area contributed by atoms with E-state index in [9.17, 15) is 8.78 Å². The van der Waals surface area contributed by atoms with Gasteiger partial charge in [0.05, 0.1) is 6.61 Å². The van der Waals surface area contributed by atoms with Crippen LogP contribution in [-0.2, 0) is 6.61 Å². The summed E-state index contributed by atoms with van der Waals surface area (Å²) in [6.07, 6.45) is -2.51. The highest BCUT2D eigenvalue weighted by Gasteiger charge is 2.11. The third kappa shape index (κ3) is 1.80. The molecule has 66 valence electrons. The van der Waals surface area contributed by atoms with Crippen molar-refractivity contribution >= 4 is 0 Å². The van der Waals surface area contributed by atoms with E-state index in [-0.39, 0.29) is 12.2 Å². The summed E-state index contributed by atoms with van der Waals surface area (Å²) in [5.41, 5.74) is 1.11. The van der Waals surface area contributed by atoms with Crippen LogP contribution in [0.25, 0.3) is 0 Å². The van der Waals surface area contributed by atoms with Gasteiger partial charge in [0.25, 0.3) is 6.43 Å². The fourth-order valence-corrected chi connectivity index (χ4v) is 1.08. The first-order valence-electron chi connectivity index (χ1n) is 3.63. The van der Waals surface area contributed by atoms with Crippen LogP contribution in [0.2, 0.25) is 0 Å². The highest BCUT2D eigenvalue weighted by molar-refractivity contribution is 5.31. The largest absolute Gasteiger partial charge is 0.392 e. The van der Waals surface area contributed by atoms with Crippen LogP contribution in [0, 0.1) is 6.92 Å². The van der Waals surface area contributed by atoms with Gasteiger partial charge in [-0.2, -0.15) is 0 Å². The number of aliphatic hydroxyl groups is 1. The molecule has 0 saturated heterocycles. The zero-order valence-electron chi connectivity index (χ0n) is 6.72. The van der Waals surface area contributed by atoms with Gasteiger partial charge in [-0.15, -0.1) is 0 Å². The Bertz CT molecular complexity index is 271. The number of halogens is 2. The number of aliphatic hydroxyl groups excluding tert-OH is 1. The van der Waals surface area contributed by atoms with E-state index in [1.165, 1.54) is 6.07 Å². The van der Waals surface area contributed by atoms with Crippen LogP contribution in [0.4, 0.5) is 8.78 Å². The summed E-state index contributed by atoms with van der Waals surface area (Å²) in [6.45, 7) is 1.47. The van der Waals surface area contributed by atoms with Gasteiger partial charge in [-0.05, 0) is 12.5 Å². The van der Waals surface area contributed by atoms with Crippen molar-refractivity contribution in [3.63, 3.8) is 0 Å². The van der Waals surface area contributed by atoms with Crippen LogP contribution >= 0.6 is 0 Å². The molecule has 0 heterocycles. The lowest BCUT2D eigenvalue weighted by molar-refractivity contribution is 0.147. The summed E-state index contributed by atoms with van der Waals surface area (Å²) >= 11 is 0. The molecule has 3 heteroatoms. The van der Waals surface area contributed by atoms with Crippen molar-refractivity contribution in [2.45, 2.75) is 20.0 Å². The quantitative estimate of drug-likeness (QED) is 0.726. The van der Waals surface area contributed by atoms with Crippen molar-refractivity contribution in [2.75, 3.05) is 0 Å². The van der Waals surface area contributed by atoms with Gasteiger partial charge in [0.15, 0.2) is 0 Å². The van der Waals surface area contributed by atoms with E-state index in [2.05, 4.69) is 0 Å². The number of hydrogen-bond acceptors (Lipinski definition) is 1. The minimum Gasteiger partial charge on any atom is -0.392 e. The standard InChI is InChI=1S/C9H10F2O/c1-6-2-3-8(9(10)11)7(4-6)5-12/h2-4,9,12H,5H2,1H3. The third-order valence-corrected chi connectivity index (χ3v) is 1.70. The molecule has 0 amide bonds. The lowest BCUT2D eigenvalue weighted by Gasteiger charge is -2.06. The maximum absolute atomic E-state index is 12.2. The average molecular weight is 172 g/mol. The van der Waals surface area contributed by atoms with Crippen LogP contribution in [0.5, 0.6) is 0 Å². The van der Waals surface area contributed by atoms with Crippen molar-refractivity contribution in [1.29, 1.82) is 0 Å². The van der Waals surface area contributed by atoms with E-state index in [1.807, 2.05) is 0 Å². The zero-order valence-corrected chi connectivity index (χ0v) is 6.72. The van der Waals surface area contributed by atoms with Gasteiger partial charge in [0.1, 0.15) is 0 Å². The SMILES string of the molecule is Cc1ccc(C(F)F)c(CO)c1. The van der Waals surface area contributed by atoms with Crippen molar-refractivity contribution in [3.8, 4) is 0 Å². The lowest BCUT2D eigenvalue weighted by atomic mass is 10.1. The highest BCUT2D eigenvalue weighted by atomic mass is 19.3. The second-order valence-electron chi connectivity index (χ2n) is 2.66. The summed E-state index contributed by atoms with van der Waals surface area (Å²) in [5, 5.41) is 8.76. The fraction of sp³-hybridized carbons (Fsp3) is 0.333. The predicted octanol–water partition coefficient (Wildman–Crippen LogP) is 2.42. The Kier molecular flexibility index (Phi) is 2.76. The Morgan fingerprint density at radius 3 is 2.58 bits per heavy atom. The van der Waals surface area contributed by atoms with E-state index in [4.69, 9.17) is 5.11 Å². The molecule has 1 aromatic carbocycles. The molecule has 0 aliphatic rings. The number of benzene rings is 1. The maximum Gasteiger partial charge on any atom is 0.264 e. The smallest absolute Gasteiger partial charge is 0.264 e. The molecule has 1 N–H and O–H groups in total. The molecule has 0 atom stereocenters. The van der Waals surface area contributed by atoms with Crippen molar-refractivity contribution in [3.05, 3.63) is 34.9 Å². The maximum atomic E-state index is 12.2. The van der Waals surface area contributed by atoms with Gasteiger partial charge >= 0.3 is 0 Å². The molecule has 1 nitrogen and oxygen atoms in total. The second kappa shape index (κ2) is 3.63. The summed E-state index contributed by atoms with van der Waals surface area (Å²) < 4.78 is 24.5. The monoisotopic (exact) mass is 172 g/mol. The second-order valence-corrected chi connectivity index (χ2v) is 2.66. The van der Waals surface area contributed by atoms with E-state index in [0.717, 1.165) is 5.56 Å². The zero-order chi connectivity index (χ0) is 9.14. The van der Waals surface area contributed by atoms with E-state index >= 15 is 0 Å². The fourth-order valence-electron chi connectivity index (χ4n) is 1.08. The van der Waals surface area contributed by atoms with Gasteiger partial charge in [0, 0.05) is 5.56 Å². The number of aryl methyl sites for hydroxylation is 1. The van der Waals surface area contributed by atoms with E-state index in [1.54, 1.807) is 19.1 Å². The summed E-state index contributed by atoms with van der Waals surface area (Å²) in [6, 6.07) is 4.54. The van der Waals surface area contributed by atoms with Crippen molar-refractivity contribution in [1.82, 2.24) is 0 Å². The number of rotatable bonds is 2. The van der Waals surface area contributed by atoms with E-state index < -0.39 is 6.43 Å². The molecular weight excluding hydrogens is 162 g/mol. The molecule has 0 aliphatic carbocycles. The Morgan fingerprint density at radius 1 is 1.42 bits per heavy atom. The lowest BCUT2D eigenvalue weighted by Crippen LogP contribution is -1.94. The predicted molar refractivity (Wildman–Crippen MR) is 42.1 cm³/mol. The third-order valence-electron chi connectivity index (χ3n) is 1.70. The van der Waals surface area contributed by atoms with Gasteiger partial charge < -0.3 is 5.11 Å². The minimum absolute atomic E-state index is 0.0805. The van der Waals surface area contributed by atoms with Crippen molar-refractivity contribution in [2.24, 2.45) is 0 Å².